The van der Waals surface area contributed by atoms with Gasteiger partial charge in [0.2, 0.25) is 11.8 Å². The Kier molecular flexibility index (Phi) is 6.88. The molecular formula is C30H32N6O2. The highest BCUT2D eigenvalue weighted by atomic mass is 16.5. The molecule has 1 atom stereocenters. The van der Waals surface area contributed by atoms with Gasteiger partial charge in [0.1, 0.15) is 5.75 Å². The molecule has 2 aromatic carbocycles. The lowest BCUT2D eigenvalue weighted by Gasteiger charge is -2.23. The smallest absolute Gasteiger partial charge is 0.228 e. The maximum Gasteiger partial charge on any atom is 0.228 e. The lowest BCUT2D eigenvalue weighted by Crippen LogP contribution is -2.38. The Morgan fingerprint density at radius 3 is 2.79 bits per heavy atom. The highest BCUT2D eigenvalue weighted by Gasteiger charge is 2.29. The zero-order chi connectivity index (χ0) is 25.9. The largest absolute Gasteiger partial charge is 0.437 e. The lowest BCUT2D eigenvalue weighted by molar-refractivity contribution is -0.118. The number of aromatic nitrogens is 3. The molecule has 1 unspecified atom stereocenters. The number of hydrogen-bond acceptors (Lipinski definition) is 8. The first-order valence-corrected chi connectivity index (χ1v) is 13.4. The summed E-state index contributed by atoms with van der Waals surface area (Å²) in [6.07, 6.45) is 7.75. The van der Waals surface area contributed by atoms with Crippen LogP contribution in [0.3, 0.4) is 0 Å². The third kappa shape index (κ3) is 5.31. The fourth-order valence-electron chi connectivity index (χ4n) is 4.96. The van der Waals surface area contributed by atoms with Crippen molar-refractivity contribution in [2.24, 2.45) is 5.92 Å². The van der Waals surface area contributed by atoms with E-state index >= 15 is 0 Å². The van der Waals surface area contributed by atoms with E-state index in [4.69, 9.17) is 9.72 Å². The second kappa shape index (κ2) is 10.8. The van der Waals surface area contributed by atoms with Crippen LogP contribution in [-0.4, -0.2) is 46.4 Å². The van der Waals surface area contributed by atoms with Crippen LogP contribution in [0.1, 0.15) is 31.2 Å². The van der Waals surface area contributed by atoms with Crippen molar-refractivity contribution < 1.29 is 9.53 Å². The Bertz CT molecular complexity index is 1460. The number of carbonyl (C=O) groups excluding carboxylic acids is 1. The summed E-state index contributed by atoms with van der Waals surface area (Å²) in [5.74, 6) is 2.33. The first-order valence-electron chi connectivity index (χ1n) is 13.4. The van der Waals surface area contributed by atoms with Crippen LogP contribution < -0.4 is 20.7 Å². The van der Waals surface area contributed by atoms with Crippen LogP contribution in [0.2, 0.25) is 0 Å². The molecule has 2 aliphatic rings. The van der Waals surface area contributed by atoms with Crippen molar-refractivity contribution in [2.45, 2.75) is 38.6 Å². The second-order valence-electron chi connectivity index (χ2n) is 10.1. The van der Waals surface area contributed by atoms with Crippen molar-refractivity contribution in [1.82, 2.24) is 20.3 Å². The standard InChI is InChI=1S/C30H32N6O2/c1-19-9-12-22-23(6-2-8-25(22)34-18-27(37)20-10-11-20)28(19)38-29-24(7-4-15-32-29)26-13-16-33-30(36-26)35-21-5-3-14-31-17-21/h2,4,6-9,12-13,15-16,20-21,31,34H,3,5,10-11,14,17-18H2,1H3,(H,33,35,36). The van der Waals surface area contributed by atoms with Gasteiger partial charge in [-0.3, -0.25) is 4.79 Å². The van der Waals surface area contributed by atoms with Crippen molar-refractivity contribution >= 4 is 28.2 Å². The Morgan fingerprint density at radius 1 is 1.03 bits per heavy atom. The van der Waals surface area contributed by atoms with Gasteiger partial charge < -0.3 is 20.7 Å². The quantitative estimate of drug-likeness (QED) is 0.278. The molecule has 3 heterocycles. The monoisotopic (exact) mass is 508 g/mol. The molecule has 2 fully saturated rings. The summed E-state index contributed by atoms with van der Waals surface area (Å²) in [5.41, 5.74) is 3.45. The fourth-order valence-corrected chi connectivity index (χ4v) is 4.96. The number of ketones is 1. The van der Waals surface area contributed by atoms with Crippen molar-refractivity contribution in [1.29, 1.82) is 0 Å². The summed E-state index contributed by atoms with van der Waals surface area (Å²) in [5, 5.41) is 12.2. The number of carbonyl (C=O) groups is 1. The molecule has 2 aromatic heterocycles. The molecule has 6 rings (SSSR count). The molecule has 194 valence electrons. The van der Waals surface area contributed by atoms with Crippen LogP contribution in [0.5, 0.6) is 11.6 Å². The first-order chi connectivity index (χ1) is 18.7. The minimum absolute atomic E-state index is 0.234. The molecule has 38 heavy (non-hydrogen) atoms. The SMILES string of the molecule is Cc1ccc2c(NCC(=O)C3CC3)cccc2c1Oc1ncccc1-c1ccnc(NC2CCCNC2)n1. The van der Waals surface area contributed by atoms with Crippen LogP contribution >= 0.6 is 0 Å². The topological polar surface area (TPSA) is 101 Å². The Hall–Kier alpha value is -4.04. The lowest BCUT2D eigenvalue weighted by atomic mass is 10.0. The van der Waals surface area contributed by atoms with E-state index in [2.05, 4.69) is 32.0 Å². The van der Waals surface area contributed by atoms with E-state index < -0.39 is 0 Å². The van der Waals surface area contributed by atoms with Gasteiger partial charge in [0.25, 0.3) is 0 Å². The van der Waals surface area contributed by atoms with Gasteiger partial charge in [0, 0.05) is 47.4 Å². The van der Waals surface area contributed by atoms with Gasteiger partial charge in [-0.15, -0.1) is 0 Å². The number of piperidine rings is 1. The molecule has 8 heteroatoms. The molecule has 1 saturated carbocycles. The van der Waals surface area contributed by atoms with Crippen molar-refractivity contribution in [3.05, 3.63) is 66.5 Å². The second-order valence-corrected chi connectivity index (χ2v) is 10.1. The Labute approximate surface area is 222 Å². The molecule has 4 aromatic rings. The van der Waals surface area contributed by atoms with E-state index in [1.54, 1.807) is 12.4 Å². The maximum atomic E-state index is 12.3. The number of nitrogens with zero attached hydrogens (tertiary/aromatic N) is 3. The average Bonchev–Trinajstić information content (AvgIpc) is 3.80. The van der Waals surface area contributed by atoms with Gasteiger partial charge in [-0.05, 0) is 69.0 Å². The van der Waals surface area contributed by atoms with E-state index in [1.807, 2.05) is 49.4 Å². The van der Waals surface area contributed by atoms with Crippen LogP contribution in [0, 0.1) is 12.8 Å². The van der Waals surface area contributed by atoms with Gasteiger partial charge in [-0.25, -0.2) is 15.0 Å². The predicted molar refractivity (Wildman–Crippen MR) is 150 cm³/mol. The van der Waals surface area contributed by atoms with E-state index in [0.29, 0.717) is 24.4 Å². The van der Waals surface area contributed by atoms with Crippen molar-refractivity contribution in [2.75, 3.05) is 30.3 Å². The van der Waals surface area contributed by atoms with E-state index in [9.17, 15) is 4.79 Å². The zero-order valence-corrected chi connectivity index (χ0v) is 21.5. The summed E-state index contributed by atoms with van der Waals surface area (Å²) in [6, 6.07) is 16.2. The van der Waals surface area contributed by atoms with Gasteiger partial charge in [0.15, 0.2) is 5.78 Å². The normalized spacial score (nSPS) is 17.2. The molecule has 0 amide bonds. The summed E-state index contributed by atoms with van der Waals surface area (Å²) in [7, 11) is 0. The highest BCUT2D eigenvalue weighted by molar-refractivity contribution is 6.00. The molecule has 3 N–H and O–H groups in total. The van der Waals surface area contributed by atoms with E-state index in [-0.39, 0.29) is 11.7 Å². The van der Waals surface area contributed by atoms with Gasteiger partial charge in [-0.2, -0.15) is 0 Å². The summed E-state index contributed by atoms with van der Waals surface area (Å²) in [6.45, 7) is 4.33. The molecular weight excluding hydrogens is 476 g/mol. The minimum Gasteiger partial charge on any atom is -0.437 e. The fraction of sp³-hybridized carbons (Fsp3) is 0.333. The van der Waals surface area contributed by atoms with Crippen LogP contribution in [0.4, 0.5) is 11.6 Å². The number of nitrogens with one attached hydrogen (secondary N) is 3. The molecule has 1 saturated heterocycles. The summed E-state index contributed by atoms with van der Waals surface area (Å²) >= 11 is 0. The van der Waals surface area contributed by atoms with Crippen LogP contribution in [-0.2, 0) is 4.79 Å². The van der Waals surface area contributed by atoms with Crippen molar-refractivity contribution in [3.8, 4) is 22.9 Å². The number of Topliss-reactive ketones (excluding diaryl/α,β-unsaturated/α-hetero) is 1. The number of hydrogen-bond donors (Lipinski definition) is 3. The molecule has 1 aliphatic carbocycles. The van der Waals surface area contributed by atoms with Crippen LogP contribution in [0.15, 0.2) is 60.9 Å². The number of pyridine rings is 1. The Morgan fingerprint density at radius 2 is 1.95 bits per heavy atom. The van der Waals surface area contributed by atoms with Gasteiger partial charge >= 0.3 is 0 Å². The average molecular weight is 509 g/mol. The van der Waals surface area contributed by atoms with Crippen LogP contribution in [0.25, 0.3) is 22.0 Å². The summed E-state index contributed by atoms with van der Waals surface area (Å²) < 4.78 is 6.53. The third-order valence-corrected chi connectivity index (χ3v) is 7.23. The number of ether oxygens (including phenoxy) is 1. The highest BCUT2D eigenvalue weighted by Crippen LogP contribution is 2.39. The number of rotatable bonds is 9. The van der Waals surface area contributed by atoms with Crippen molar-refractivity contribution in [3.63, 3.8) is 0 Å². The number of anilines is 2. The first kappa shape index (κ1) is 24.3. The molecule has 0 radical (unpaired) electrons. The zero-order valence-electron chi connectivity index (χ0n) is 21.5. The number of aryl methyl sites for hydroxylation is 1. The minimum atomic E-state index is 0.234. The van der Waals surface area contributed by atoms with Gasteiger partial charge in [0.05, 0.1) is 17.8 Å². The molecule has 0 bridgehead atoms. The maximum absolute atomic E-state index is 12.3. The number of fused-ring (bicyclic) bond motifs is 1. The Balaban J connectivity index is 1.29. The van der Waals surface area contributed by atoms with E-state index in [1.165, 1.54) is 0 Å². The predicted octanol–water partition coefficient (Wildman–Crippen LogP) is 5.35. The number of benzene rings is 2. The van der Waals surface area contributed by atoms with Gasteiger partial charge in [-0.1, -0.05) is 24.3 Å². The molecule has 0 spiro atoms. The van der Waals surface area contributed by atoms with E-state index in [0.717, 1.165) is 77.8 Å². The molecule has 8 nitrogen and oxygen atoms in total. The third-order valence-electron chi connectivity index (χ3n) is 7.23. The molecule has 1 aliphatic heterocycles. The summed E-state index contributed by atoms with van der Waals surface area (Å²) in [4.78, 5) is 26.1.